The van der Waals surface area contributed by atoms with Crippen molar-refractivity contribution in [2.75, 3.05) is 74.2 Å². The second kappa shape index (κ2) is 16.5. The van der Waals surface area contributed by atoms with E-state index in [0.717, 1.165) is 25.7 Å². The first-order valence-electron chi connectivity index (χ1n) is 16.7. The van der Waals surface area contributed by atoms with Crippen molar-refractivity contribution < 1.29 is 41.6 Å². The molecule has 2 fully saturated rings. The molecule has 0 heterocycles. The molecule has 0 aromatic rings. The van der Waals surface area contributed by atoms with E-state index in [1.807, 2.05) is 28.2 Å². The third kappa shape index (κ3) is 13.9. The minimum Gasteiger partial charge on any atom is -0.458 e. The first-order chi connectivity index (χ1) is 19.8. The lowest BCUT2D eigenvalue weighted by molar-refractivity contribution is -0.883. The lowest BCUT2D eigenvalue weighted by atomic mass is 9.75. The van der Waals surface area contributed by atoms with Crippen LogP contribution in [0.4, 0.5) is 0 Å². The number of esters is 2. The maximum atomic E-state index is 13.0. The number of quaternary nitrogens is 2. The fourth-order valence-electron chi connectivity index (χ4n) is 6.71. The van der Waals surface area contributed by atoms with Gasteiger partial charge in [-0.05, 0) is 61.2 Å². The van der Waals surface area contributed by atoms with Gasteiger partial charge in [-0.3, -0.25) is 4.57 Å². The Labute approximate surface area is 263 Å². The second-order valence-corrected chi connectivity index (χ2v) is 17.8. The molecule has 7 atom stereocenters. The summed E-state index contributed by atoms with van der Waals surface area (Å²) in [6.07, 6.45) is 6.41. The first-order valence-corrected chi connectivity index (χ1v) is 18.7. The van der Waals surface area contributed by atoms with Crippen molar-refractivity contribution in [3.8, 4) is 0 Å². The van der Waals surface area contributed by atoms with Crippen LogP contribution in [-0.4, -0.2) is 107 Å². The molecule has 2 saturated carbocycles. The van der Waals surface area contributed by atoms with Crippen LogP contribution in [0.2, 0.25) is 0 Å². The van der Waals surface area contributed by atoms with Crippen LogP contribution in [0.25, 0.3) is 0 Å². The predicted octanol–water partition coefficient (Wildman–Crippen LogP) is 6.00. The molecular weight excluding hydrogens is 567 g/mol. The van der Waals surface area contributed by atoms with E-state index >= 15 is 0 Å². The molecule has 0 N–H and O–H groups in total. The zero-order valence-corrected chi connectivity index (χ0v) is 30.2. The summed E-state index contributed by atoms with van der Waals surface area (Å²) in [4.78, 5) is 25.7. The van der Waals surface area contributed by atoms with Gasteiger partial charge in [-0.1, -0.05) is 54.4 Å². The highest BCUT2D eigenvalue weighted by Gasteiger charge is 2.36. The Morgan fingerprint density at radius 1 is 0.698 bits per heavy atom. The SMILES string of the molecule is CC(C)[C@H]1CC[C@@H](C)C[C@H]1OC(=O)C[N+](C)(C)CCOP(C)(=O)OCC[N+](C)(C)CC(=O)O[C@@H]1C[C@@H](C)CC[C@H]1C(C)C. The molecule has 10 heteroatoms. The van der Waals surface area contributed by atoms with Gasteiger partial charge in [-0.25, -0.2) is 9.59 Å². The molecule has 0 radical (unpaired) electrons. The van der Waals surface area contributed by atoms with Crippen LogP contribution >= 0.6 is 7.60 Å². The lowest BCUT2D eigenvalue weighted by Gasteiger charge is -2.37. The minimum absolute atomic E-state index is 0.0193. The predicted molar refractivity (Wildman–Crippen MR) is 172 cm³/mol. The molecule has 0 aliphatic heterocycles. The summed E-state index contributed by atoms with van der Waals surface area (Å²) in [7, 11) is 4.51. The average Bonchev–Trinajstić information content (AvgIpc) is 2.82. The monoisotopic (exact) mass is 632 g/mol. The van der Waals surface area contributed by atoms with E-state index in [4.69, 9.17) is 18.5 Å². The fraction of sp³-hybridized carbons (Fsp3) is 0.939. The Bertz CT molecular complexity index is 868. The van der Waals surface area contributed by atoms with Crippen molar-refractivity contribution >= 4 is 19.5 Å². The number of likely N-dealkylation sites (N-methyl/N-ethyl adjacent to an activating group) is 2. The number of rotatable bonds is 16. The van der Waals surface area contributed by atoms with E-state index in [1.165, 1.54) is 19.5 Å². The molecule has 0 bridgehead atoms. The van der Waals surface area contributed by atoms with Gasteiger partial charge in [0.2, 0.25) is 0 Å². The first kappa shape index (κ1) is 38.2. The highest BCUT2D eigenvalue weighted by molar-refractivity contribution is 7.52. The maximum absolute atomic E-state index is 13.0. The van der Waals surface area contributed by atoms with Crippen LogP contribution in [0.1, 0.15) is 80.1 Å². The summed E-state index contributed by atoms with van der Waals surface area (Å²) in [6, 6.07) is 0. The van der Waals surface area contributed by atoms with Crippen LogP contribution in [0, 0.1) is 35.5 Å². The second-order valence-electron chi connectivity index (χ2n) is 15.8. The van der Waals surface area contributed by atoms with Gasteiger partial charge in [0.1, 0.15) is 38.5 Å². The third-order valence-corrected chi connectivity index (χ3v) is 11.0. The topological polar surface area (TPSA) is 88.1 Å². The lowest BCUT2D eigenvalue weighted by Crippen LogP contribution is -2.48. The van der Waals surface area contributed by atoms with Crippen molar-refractivity contribution in [3.63, 3.8) is 0 Å². The van der Waals surface area contributed by atoms with E-state index in [0.29, 0.717) is 57.6 Å². The van der Waals surface area contributed by atoms with Crippen molar-refractivity contribution in [1.82, 2.24) is 0 Å². The van der Waals surface area contributed by atoms with Crippen LogP contribution in [-0.2, 0) is 32.7 Å². The van der Waals surface area contributed by atoms with Crippen LogP contribution < -0.4 is 0 Å². The van der Waals surface area contributed by atoms with Crippen LogP contribution in [0.5, 0.6) is 0 Å². The Morgan fingerprint density at radius 2 is 1.05 bits per heavy atom. The van der Waals surface area contributed by atoms with Crippen molar-refractivity contribution in [3.05, 3.63) is 0 Å². The number of carbonyl (C=O) groups excluding carboxylic acids is 2. The molecule has 1 unspecified atom stereocenters. The highest BCUT2D eigenvalue weighted by Crippen LogP contribution is 2.43. The zero-order valence-electron chi connectivity index (χ0n) is 29.3. The van der Waals surface area contributed by atoms with E-state index in [-0.39, 0.29) is 50.4 Å². The summed E-state index contributed by atoms with van der Waals surface area (Å²) < 4.78 is 37.0. The molecule has 252 valence electrons. The van der Waals surface area contributed by atoms with Gasteiger partial charge in [0.05, 0.1) is 28.2 Å². The average molecular weight is 633 g/mol. The number of ether oxygens (including phenoxy) is 2. The standard InChI is InChI=1S/C33H65N2O7P/c1-24(2)28-14-12-26(5)20-30(28)41-32(36)22-34(7,8)16-18-39-43(11,38)40-19-17-35(9,10)23-33(37)42-31-21-27(6)13-15-29(31)25(3)4/h24-31H,12-23H2,1-11H3/q+2/t26-,27+,28-,29+,30-,31-,43?/m1/s1. The number of hydrogen-bond acceptors (Lipinski definition) is 7. The largest absolute Gasteiger partial charge is 0.458 e. The molecular formula is C33H65N2O7P+2. The fourth-order valence-corrected chi connectivity index (χ4v) is 7.62. The quantitative estimate of drug-likeness (QED) is 0.117. The molecule has 0 aromatic heterocycles. The molecule has 0 aromatic carbocycles. The summed E-state index contributed by atoms with van der Waals surface area (Å²) in [5.74, 6) is 2.56. The molecule has 2 rings (SSSR count). The normalized spacial score (nSPS) is 28.5. The molecule has 9 nitrogen and oxygen atoms in total. The number of carbonyl (C=O) groups is 2. The molecule has 2 aliphatic rings. The highest BCUT2D eigenvalue weighted by atomic mass is 31.2. The Balaban J connectivity index is 1.73. The summed E-state index contributed by atoms with van der Waals surface area (Å²) in [6.45, 7) is 16.6. The molecule has 43 heavy (non-hydrogen) atoms. The van der Waals surface area contributed by atoms with Gasteiger partial charge in [0, 0.05) is 6.66 Å². The van der Waals surface area contributed by atoms with Gasteiger partial charge < -0.3 is 27.5 Å². The van der Waals surface area contributed by atoms with E-state index in [9.17, 15) is 14.2 Å². The van der Waals surface area contributed by atoms with Crippen LogP contribution in [0.3, 0.4) is 0 Å². The van der Waals surface area contributed by atoms with Gasteiger partial charge in [-0.2, -0.15) is 0 Å². The van der Waals surface area contributed by atoms with Crippen molar-refractivity contribution in [2.24, 2.45) is 35.5 Å². The molecule has 0 amide bonds. The molecule has 0 spiro atoms. The third-order valence-electron chi connectivity index (χ3n) is 9.65. The van der Waals surface area contributed by atoms with Gasteiger partial charge in [0.15, 0.2) is 13.1 Å². The minimum atomic E-state index is -3.30. The summed E-state index contributed by atoms with van der Waals surface area (Å²) in [5.41, 5.74) is 0. The van der Waals surface area contributed by atoms with Gasteiger partial charge >= 0.3 is 19.5 Å². The van der Waals surface area contributed by atoms with Crippen molar-refractivity contribution in [1.29, 1.82) is 0 Å². The van der Waals surface area contributed by atoms with Crippen molar-refractivity contribution in [2.45, 2.75) is 92.3 Å². The van der Waals surface area contributed by atoms with Gasteiger partial charge in [-0.15, -0.1) is 0 Å². The van der Waals surface area contributed by atoms with E-state index in [1.54, 1.807) is 0 Å². The Morgan fingerprint density at radius 3 is 1.37 bits per heavy atom. The Kier molecular flexibility index (Phi) is 14.7. The van der Waals surface area contributed by atoms with Gasteiger partial charge in [0.25, 0.3) is 0 Å². The number of hydrogen-bond donors (Lipinski definition) is 0. The zero-order chi connectivity index (χ0) is 32.6. The maximum Gasteiger partial charge on any atom is 0.362 e. The van der Waals surface area contributed by atoms with Crippen LogP contribution in [0.15, 0.2) is 0 Å². The Hall–Kier alpha value is -0.990. The molecule has 2 aliphatic carbocycles. The summed E-state index contributed by atoms with van der Waals surface area (Å²) >= 11 is 0. The van der Waals surface area contributed by atoms with E-state index < -0.39 is 7.60 Å². The van der Waals surface area contributed by atoms with E-state index in [2.05, 4.69) is 41.5 Å². The summed E-state index contributed by atoms with van der Waals surface area (Å²) in [5, 5.41) is 0. The smallest absolute Gasteiger partial charge is 0.362 e. The number of nitrogens with zero attached hydrogens (tertiary/aromatic N) is 2. The molecule has 0 saturated heterocycles.